The van der Waals surface area contributed by atoms with Crippen LogP contribution in [0, 0.1) is 0 Å². The van der Waals surface area contributed by atoms with Crippen molar-refractivity contribution < 1.29 is 9.53 Å². The van der Waals surface area contributed by atoms with Crippen molar-refractivity contribution in [1.29, 1.82) is 0 Å². The maximum absolute atomic E-state index is 13.2. The Hall–Kier alpha value is -2.93. The van der Waals surface area contributed by atoms with Gasteiger partial charge in [0.25, 0.3) is 0 Å². The smallest absolute Gasteiger partial charge is 0.234 e. The molecule has 4 rings (SSSR count). The summed E-state index contributed by atoms with van der Waals surface area (Å²) in [4.78, 5) is 19.9. The summed E-state index contributed by atoms with van der Waals surface area (Å²) >= 11 is 5.97. The number of rotatable bonds is 10. The predicted molar refractivity (Wildman–Crippen MR) is 141 cm³/mol. The van der Waals surface area contributed by atoms with Crippen molar-refractivity contribution in [2.24, 2.45) is 0 Å². The van der Waals surface area contributed by atoms with E-state index in [9.17, 15) is 4.79 Å². The Morgan fingerprint density at radius 3 is 2.51 bits per heavy atom. The third-order valence-electron chi connectivity index (χ3n) is 6.33. The van der Waals surface area contributed by atoms with Crippen LogP contribution in [0.2, 0.25) is 5.02 Å². The first kappa shape index (κ1) is 25.2. The number of likely N-dealkylation sites (tertiary alicyclic amines) is 1. The molecule has 0 radical (unpaired) electrons. The third-order valence-corrected chi connectivity index (χ3v) is 6.58. The first-order chi connectivity index (χ1) is 17.1. The molecule has 1 unspecified atom stereocenters. The molecule has 2 aromatic carbocycles. The van der Waals surface area contributed by atoms with Crippen LogP contribution in [-0.2, 0) is 11.2 Å². The molecule has 0 aliphatic carbocycles. The van der Waals surface area contributed by atoms with Gasteiger partial charge in [0.15, 0.2) is 0 Å². The minimum Gasteiger partial charge on any atom is -0.489 e. The zero-order valence-electron chi connectivity index (χ0n) is 20.1. The number of nitrogens with zero attached hydrogens (tertiary/aromatic N) is 2. The van der Waals surface area contributed by atoms with E-state index in [1.807, 2.05) is 60.7 Å². The number of benzene rings is 2. The van der Waals surface area contributed by atoms with Crippen molar-refractivity contribution in [2.75, 3.05) is 38.5 Å². The van der Waals surface area contributed by atoms with Gasteiger partial charge in [0.2, 0.25) is 5.91 Å². The number of amides is 1. The van der Waals surface area contributed by atoms with E-state index >= 15 is 0 Å². The minimum atomic E-state index is -0.335. The molecule has 3 aromatic rings. The lowest BCUT2D eigenvalue weighted by Gasteiger charge is -2.29. The molecular formula is C28H33ClN4O2. The van der Waals surface area contributed by atoms with E-state index in [1.165, 1.54) is 5.56 Å². The molecule has 1 amide bonds. The van der Waals surface area contributed by atoms with Crippen molar-refractivity contribution in [3.63, 3.8) is 0 Å². The molecule has 1 saturated heterocycles. The standard InChI is InChI=1S/C28H33ClN4O2/c1-33-17-14-24(15-18-33)35-25-11-12-27(31-19-25)32-28(34)26(22-5-3-2-4-6-22)20-30-16-13-21-7-9-23(29)10-8-21/h2-12,19,24,26,30H,13-18,20H2,1H3,(H,31,32,34). The molecular weight excluding hydrogens is 460 g/mol. The van der Waals surface area contributed by atoms with Gasteiger partial charge in [0.05, 0.1) is 12.1 Å². The third kappa shape index (κ3) is 7.79. The fraction of sp³-hybridized carbons (Fsp3) is 0.357. The van der Waals surface area contributed by atoms with Crippen molar-refractivity contribution in [3.05, 3.63) is 89.1 Å². The number of hydrogen-bond donors (Lipinski definition) is 2. The molecule has 1 fully saturated rings. The molecule has 2 heterocycles. The molecule has 6 nitrogen and oxygen atoms in total. The summed E-state index contributed by atoms with van der Waals surface area (Å²) in [5, 5.41) is 7.14. The van der Waals surface area contributed by atoms with Gasteiger partial charge in [-0.05, 0) is 68.2 Å². The van der Waals surface area contributed by atoms with Gasteiger partial charge < -0.3 is 20.3 Å². The van der Waals surface area contributed by atoms with Crippen LogP contribution in [0.1, 0.15) is 29.9 Å². The summed E-state index contributed by atoms with van der Waals surface area (Å²) in [6.07, 6.45) is 4.79. The summed E-state index contributed by atoms with van der Waals surface area (Å²) in [7, 11) is 2.13. The predicted octanol–water partition coefficient (Wildman–Crippen LogP) is 4.76. The van der Waals surface area contributed by atoms with Gasteiger partial charge in [-0.15, -0.1) is 0 Å². The molecule has 1 atom stereocenters. The van der Waals surface area contributed by atoms with E-state index in [1.54, 1.807) is 12.3 Å². The molecule has 1 aliphatic heterocycles. The molecule has 184 valence electrons. The second-order valence-corrected chi connectivity index (χ2v) is 9.47. The minimum absolute atomic E-state index is 0.0910. The van der Waals surface area contributed by atoms with E-state index in [4.69, 9.17) is 16.3 Å². The molecule has 7 heteroatoms. The molecule has 0 spiro atoms. The van der Waals surface area contributed by atoms with Crippen molar-refractivity contribution >= 4 is 23.3 Å². The quantitative estimate of drug-likeness (QED) is 0.399. The Bertz CT molecular complexity index is 1050. The number of halogens is 1. The van der Waals surface area contributed by atoms with Crippen LogP contribution in [0.3, 0.4) is 0 Å². The molecule has 0 bridgehead atoms. The number of piperidine rings is 1. The van der Waals surface area contributed by atoms with E-state index in [0.29, 0.717) is 12.4 Å². The number of anilines is 1. The Balaban J connectivity index is 1.32. The SMILES string of the molecule is CN1CCC(Oc2ccc(NC(=O)C(CNCCc3ccc(Cl)cc3)c3ccccc3)nc2)CC1. The fourth-order valence-electron chi connectivity index (χ4n) is 4.21. The van der Waals surface area contributed by atoms with Gasteiger partial charge in [-0.3, -0.25) is 4.79 Å². The van der Waals surface area contributed by atoms with E-state index < -0.39 is 0 Å². The maximum Gasteiger partial charge on any atom is 0.234 e. The highest BCUT2D eigenvalue weighted by Crippen LogP contribution is 2.21. The highest BCUT2D eigenvalue weighted by Gasteiger charge is 2.21. The maximum atomic E-state index is 13.2. The number of carbonyl (C=O) groups is 1. The first-order valence-corrected chi connectivity index (χ1v) is 12.6. The number of hydrogen-bond acceptors (Lipinski definition) is 5. The van der Waals surface area contributed by atoms with Crippen LogP contribution < -0.4 is 15.4 Å². The first-order valence-electron chi connectivity index (χ1n) is 12.2. The molecule has 0 saturated carbocycles. The topological polar surface area (TPSA) is 66.5 Å². The van der Waals surface area contributed by atoms with Gasteiger partial charge in [0.1, 0.15) is 17.7 Å². The van der Waals surface area contributed by atoms with Gasteiger partial charge in [-0.2, -0.15) is 0 Å². The molecule has 1 aliphatic rings. The van der Waals surface area contributed by atoms with Gasteiger partial charge in [-0.25, -0.2) is 4.98 Å². The molecule has 35 heavy (non-hydrogen) atoms. The highest BCUT2D eigenvalue weighted by atomic mass is 35.5. The van der Waals surface area contributed by atoms with Crippen LogP contribution in [0.25, 0.3) is 0 Å². The van der Waals surface area contributed by atoms with Gasteiger partial charge >= 0.3 is 0 Å². The number of carbonyl (C=O) groups excluding carboxylic acids is 1. The van der Waals surface area contributed by atoms with Crippen LogP contribution in [-0.4, -0.2) is 55.1 Å². The van der Waals surface area contributed by atoms with E-state index in [-0.39, 0.29) is 17.9 Å². The van der Waals surface area contributed by atoms with Crippen LogP contribution in [0.15, 0.2) is 72.9 Å². The Kier molecular flexibility index (Phi) is 9.12. The normalized spacial score (nSPS) is 15.5. The Morgan fingerprint density at radius 1 is 1.09 bits per heavy atom. The lowest BCUT2D eigenvalue weighted by molar-refractivity contribution is -0.117. The monoisotopic (exact) mass is 492 g/mol. The Labute approximate surface area is 212 Å². The summed E-state index contributed by atoms with van der Waals surface area (Å²) in [6, 6.07) is 21.4. The molecule has 1 aromatic heterocycles. The van der Waals surface area contributed by atoms with Crippen molar-refractivity contribution in [1.82, 2.24) is 15.2 Å². The number of aromatic nitrogens is 1. The number of nitrogens with one attached hydrogen (secondary N) is 2. The summed E-state index contributed by atoms with van der Waals surface area (Å²) in [5.41, 5.74) is 2.17. The van der Waals surface area contributed by atoms with Crippen LogP contribution in [0.4, 0.5) is 5.82 Å². The van der Waals surface area contributed by atoms with Crippen LogP contribution in [0.5, 0.6) is 5.75 Å². The highest BCUT2D eigenvalue weighted by molar-refractivity contribution is 6.30. The van der Waals surface area contributed by atoms with Crippen molar-refractivity contribution in [3.8, 4) is 5.75 Å². The number of pyridine rings is 1. The summed E-state index contributed by atoms with van der Waals surface area (Å²) in [5.74, 6) is 0.832. The van der Waals surface area contributed by atoms with Gasteiger partial charge in [0, 0.05) is 24.7 Å². The largest absolute Gasteiger partial charge is 0.489 e. The lowest BCUT2D eigenvalue weighted by atomic mass is 9.98. The fourth-order valence-corrected chi connectivity index (χ4v) is 4.34. The average Bonchev–Trinajstić information content (AvgIpc) is 2.88. The second kappa shape index (κ2) is 12.7. The lowest BCUT2D eigenvalue weighted by Crippen LogP contribution is -2.35. The van der Waals surface area contributed by atoms with Crippen LogP contribution >= 0.6 is 11.6 Å². The second-order valence-electron chi connectivity index (χ2n) is 9.03. The Morgan fingerprint density at radius 2 is 1.83 bits per heavy atom. The number of ether oxygens (including phenoxy) is 1. The zero-order valence-corrected chi connectivity index (χ0v) is 20.9. The van der Waals surface area contributed by atoms with E-state index in [2.05, 4.69) is 27.6 Å². The summed E-state index contributed by atoms with van der Waals surface area (Å²) < 4.78 is 6.07. The summed E-state index contributed by atoms with van der Waals surface area (Å²) in [6.45, 7) is 3.38. The zero-order chi connectivity index (χ0) is 24.5. The van der Waals surface area contributed by atoms with Crippen molar-refractivity contribution in [2.45, 2.75) is 31.3 Å². The molecule has 2 N–H and O–H groups in total. The average molecular weight is 493 g/mol. The van der Waals surface area contributed by atoms with Gasteiger partial charge in [-0.1, -0.05) is 54.1 Å². The van der Waals surface area contributed by atoms with E-state index in [0.717, 1.165) is 55.2 Å².